The van der Waals surface area contributed by atoms with Crippen molar-refractivity contribution in [3.8, 4) is 0 Å². The second-order valence-electron chi connectivity index (χ2n) is 3.23. The lowest BCUT2D eigenvalue weighted by Crippen LogP contribution is -2.14. The zero-order chi connectivity index (χ0) is 10.6. The van der Waals surface area contributed by atoms with E-state index in [2.05, 4.69) is 11.9 Å². The molecular formula is C10H14N2OS. The third kappa shape index (κ3) is 3.32. The van der Waals surface area contributed by atoms with Crippen molar-refractivity contribution < 1.29 is 4.79 Å². The zero-order valence-corrected chi connectivity index (χ0v) is 8.99. The number of thiophene rings is 1. The average Bonchev–Trinajstić information content (AvgIpc) is 2.52. The Morgan fingerprint density at radius 2 is 2.43 bits per heavy atom. The smallest absolute Gasteiger partial charge is 0.249 e. The van der Waals surface area contributed by atoms with E-state index in [1.54, 1.807) is 5.38 Å². The summed E-state index contributed by atoms with van der Waals surface area (Å²) in [6.07, 6.45) is 0. The Morgan fingerprint density at radius 1 is 1.71 bits per heavy atom. The van der Waals surface area contributed by atoms with Crippen molar-refractivity contribution >= 4 is 17.2 Å². The molecule has 14 heavy (non-hydrogen) atoms. The van der Waals surface area contributed by atoms with Crippen LogP contribution in [0.5, 0.6) is 0 Å². The lowest BCUT2D eigenvalue weighted by atomic mass is 10.3. The number of nitrogens with two attached hydrogens (primary N) is 1. The van der Waals surface area contributed by atoms with Crippen LogP contribution in [0.1, 0.15) is 22.2 Å². The van der Waals surface area contributed by atoms with Crippen LogP contribution in [-0.4, -0.2) is 12.5 Å². The van der Waals surface area contributed by atoms with Crippen molar-refractivity contribution in [3.05, 3.63) is 34.0 Å². The van der Waals surface area contributed by atoms with Crippen LogP contribution in [0.2, 0.25) is 0 Å². The van der Waals surface area contributed by atoms with Gasteiger partial charge in [0.1, 0.15) is 0 Å². The number of primary amides is 1. The lowest BCUT2D eigenvalue weighted by Gasteiger charge is -2.00. The molecule has 0 aliphatic rings. The topological polar surface area (TPSA) is 55.1 Å². The molecule has 76 valence electrons. The van der Waals surface area contributed by atoms with Gasteiger partial charge in [-0.1, -0.05) is 12.2 Å². The van der Waals surface area contributed by atoms with Crippen LogP contribution in [0, 0.1) is 0 Å². The van der Waals surface area contributed by atoms with Gasteiger partial charge in [-0.3, -0.25) is 4.79 Å². The summed E-state index contributed by atoms with van der Waals surface area (Å²) in [5.74, 6) is -0.368. The number of hydrogen-bond acceptors (Lipinski definition) is 3. The molecule has 1 aromatic rings. The number of amides is 1. The van der Waals surface area contributed by atoms with E-state index in [1.165, 1.54) is 11.3 Å². The predicted molar refractivity (Wildman–Crippen MR) is 59.4 cm³/mol. The van der Waals surface area contributed by atoms with E-state index in [4.69, 9.17) is 5.73 Å². The fourth-order valence-electron chi connectivity index (χ4n) is 1.00. The van der Waals surface area contributed by atoms with E-state index in [0.29, 0.717) is 5.56 Å². The molecule has 0 saturated carbocycles. The number of hydrogen-bond donors (Lipinski definition) is 2. The molecule has 0 bridgehead atoms. The van der Waals surface area contributed by atoms with Gasteiger partial charge in [-0.05, 0) is 13.0 Å². The highest BCUT2D eigenvalue weighted by Crippen LogP contribution is 2.13. The Bertz CT molecular complexity index is 344. The number of rotatable bonds is 5. The minimum absolute atomic E-state index is 0.368. The largest absolute Gasteiger partial charge is 0.366 e. The van der Waals surface area contributed by atoms with Crippen LogP contribution < -0.4 is 11.1 Å². The SMILES string of the molecule is C=C(C)CNCc1cc(C(N)=O)cs1. The predicted octanol–water partition coefficient (Wildman–Crippen LogP) is 1.51. The van der Waals surface area contributed by atoms with Gasteiger partial charge in [0.2, 0.25) is 5.91 Å². The van der Waals surface area contributed by atoms with Crippen molar-refractivity contribution in [3.63, 3.8) is 0 Å². The summed E-state index contributed by atoms with van der Waals surface area (Å²) in [6, 6.07) is 1.82. The maximum absolute atomic E-state index is 10.8. The van der Waals surface area contributed by atoms with Crippen LogP contribution in [0.4, 0.5) is 0 Å². The lowest BCUT2D eigenvalue weighted by molar-refractivity contribution is 0.100. The minimum atomic E-state index is -0.368. The Balaban J connectivity index is 2.44. The van der Waals surface area contributed by atoms with Crippen molar-refractivity contribution in [2.75, 3.05) is 6.54 Å². The van der Waals surface area contributed by atoms with Crippen LogP contribution in [0.3, 0.4) is 0 Å². The monoisotopic (exact) mass is 210 g/mol. The first-order valence-corrected chi connectivity index (χ1v) is 5.20. The third-order valence-corrected chi connectivity index (χ3v) is 2.60. The van der Waals surface area contributed by atoms with Gasteiger partial charge in [0.05, 0.1) is 5.56 Å². The molecule has 0 unspecified atom stereocenters. The normalized spacial score (nSPS) is 10.1. The maximum Gasteiger partial charge on any atom is 0.249 e. The van der Waals surface area contributed by atoms with Crippen LogP contribution in [-0.2, 0) is 6.54 Å². The van der Waals surface area contributed by atoms with E-state index in [9.17, 15) is 4.79 Å². The van der Waals surface area contributed by atoms with E-state index in [0.717, 1.165) is 23.5 Å². The first kappa shape index (κ1) is 10.9. The quantitative estimate of drug-likeness (QED) is 0.724. The number of carbonyl (C=O) groups excluding carboxylic acids is 1. The highest BCUT2D eigenvalue weighted by molar-refractivity contribution is 7.10. The van der Waals surface area contributed by atoms with Crippen molar-refractivity contribution in [2.45, 2.75) is 13.5 Å². The molecule has 1 rings (SSSR count). The van der Waals surface area contributed by atoms with E-state index >= 15 is 0 Å². The van der Waals surface area contributed by atoms with Gasteiger partial charge < -0.3 is 11.1 Å². The molecule has 0 saturated heterocycles. The van der Waals surface area contributed by atoms with Gasteiger partial charge in [0, 0.05) is 23.3 Å². The summed E-state index contributed by atoms with van der Waals surface area (Å²) in [4.78, 5) is 11.9. The molecule has 0 spiro atoms. The minimum Gasteiger partial charge on any atom is -0.366 e. The van der Waals surface area contributed by atoms with E-state index in [-0.39, 0.29) is 5.91 Å². The molecule has 0 aliphatic carbocycles. The highest BCUT2D eigenvalue weighted by atomic mass is 32.1. The first-order valence-electron chi connectivity index (χ1n) is 4.32. The van der Waals surface area contributed by atoms with Gasteiger partial charge in [-0.2, -0.15) is 0 Å². The van der Waals surface area contributed by atoms with Gasteiger partial charge in [-0.25, -0.2) is 0 Å². The summed E-state index contributed by atoms with van der Waals surface area (Å²) in [5, 5.41) is 4.99. The molecule has 0 aromatic carbocycles. The molecule has 3 N–H and O–H groups in total. The molecule has 4 heteroatoms. The maximum atomic E-state index is 10.8. The molecule has 0 atom stereocenters. The molecule has 0 aliphatic heterocycles. The van der Waals surface area contributed by atoms with Gasteiger partial charge in [0.15, 0.2) is 0 Å². The summed E-state index contributed by atoms with van der Waals surface area (Å²) in [6.45, 7) is 7.31. The highest BCUT2D eigenvalue weighted by Gasteiger charge is 2.03. The van der Waals surface area contributed by atoms with E-state index < -0.39 is 0 Å². The Hall–Kier alpha value is -1.13. The fourth-order valence-corrected chi connectivity index (χ4v) is 1.84. The Morgan fingerprint density at radius 3 is 2.93 bits per heavy atom. The van der Waals surface area contributed by atoms with Crippen molar-refractivity contribution in [1.29, 1.82) is 0 Å². The first-order chi connectivity index (χ1) is 6.59. The van der Waals surface area contributed by atoms with Crippen molar-refractivity contribution in [1.82, 2.24) is 5.32 Å². The van der Waals surface area contributed by atoms with Gasteiger partial charge in [0.25, 0.3) is 0 Å². The van der Waals surface area contributed by atoms with Gasteiger partial charge in [-0.15, -0.1) is 11.3 Å². The Labute approximate surface area is 87.6 Å². The van der Waals surface area contributed by atoms with Gasteiger partial charge >= 0.3 is 0 Å². The number of carbonyl (C=O) groups is 1. The molecular weight excluding hydrogens is 196 g/mol. The van der Waals surface area contributed by atoms with Crippen LogP contribution in [0.25, 0.3) is 0 Å². The average molecular weight is 210 g/mol. The van der Waals surface area contributed by atoms with Crippen LogP contribution >= 0.6 is 11.3 Å². The van der Waals surface area contributed by atoms with Crippen molar-refractivity contribution in [2.24, 2.45) is 5.73 Å². The summed E-state index contributed by atoms with van der Waals surface area (Å²) < 4.78 is 0. The van der Waals surface area contributed by atoms with Crippen LogP contribution in [0.15, 0.2) is 23.6 Å². The fraction of sp³-hybridized carbons (Fsp3) is 0.300. The zero-order valence-electron chi connectivity index (χ0n) is 8.17. The Kier molecular flexibility index (Phi) is 3.85. The summed E-state index contributed by atoms with van der Waals surface area (Å²) >= 11 is 1.54. The molecule has 3 nitrogen and oxygen atoms in total. The van der Waals surface area contributed by atoms with E-state index in [1.807, 2.05) is 13.0 Å². The number of nitrogens with one attached hydrogen (secondary N) is 1. The second kappa shape index (κ2) is 4.93. The molecule has 1 aromatic heterocycles. The molecule has 1 amide bonds. The molecule has 0 radical (unpaired) electrons. The third-order valence-electron chi connectivity index (χ3n) is 1.66. The summed E-state index contributed by atoms with van der Waals surface area (Å²) in [7, 11) is 0. The standard InChI is InChI=1S/C10H14N2OS/c1-7(2)4-12-5-9-3-8(6-14-9)10(11)13/h3,6,12H,1,4-5H2,2H3,(H2,11,13). The second-order valence-corrected chi connectivity index (χ2v) is 4.22. The summed E-state index contributed by atoms with van der Waals surface area (Å²) in [5.41, 5.74) is 6.82. The molecule has 0 fully saturated rings. The molecule has 1 heterocycles.